The van der Waals surface area contributed by atoms with Crippen molar-refractivity contribution < 1.29 is 9.59 Å². The maximum Gasteiger partial charge on any atom is 0.225 e. The number of rotatable bonds is 6. The quantitative estimate of drug-likeness (QED) is 0.867. The number of Topliss-reactive ketones (excluding diaryl/α,β-unsaturated/α-hetero) is 1. The van der Waals surface area contributed by atoms with Crippen LogP contribution in [0.4, 0.5) is 0 Å². The van der Waals surface area contributed by atoms with Crippen molar-refractivity contribution in [1.29, 1.82) is 0 Å². The fourth-order valence-corrected chi connectivity index (χ4v) is 1.91. The van der Waals surface area contributed by atoms with Gasteiger partial charge in [0.15, 0.2) is 5.78 Å². The summed E-state index contributed by atoms with van der Waals surface area (Å²) in [4.78, 5) is 23.6. The minimum atomic E-state index is -0.465. The Labute approximate surface area is 121 Å². The molecule has 0 aromatic heterocycles. The number of carbonyl (C=O) groups excluding carboxylic acids is 2. The maximum absolute atomic E-state index is 11.9. The molecule has 1 N–H and O–H groups in total. The Balaban J connectivity index is 2.48. The number of benzene rings is 1. The van der Waals surface area contributed by atoms with Gasteiger partial charge in [0, 0.05) is 5.41 Å². The van der Waals surface area contributed by atoms with E-state index in [0.717, 1.165) is 12.8 Å². The Hall–Kier alpha value is -1.64. The Bertz CT molecular complexity index is 446. The zero-order chi connectivity index (χ0) is 15.2. The molecule has 0 unspecified atom stereocenters. The lowest BCUT2D eigenvalue weighted by atomic mass is 9.94. The van der Waals surface area contributed by atoms with Crippen molar-refractivity contribution in [2.24, 2.45) is 5.41 Å². The molecule has 0 radical (unpaired) electrons. The van der Waals surface area contributed by atoms with Crippen LogP contribution < -0.4 is 5.32 Å². The van der Waals surface area contributed by atoms with Gasteiger partial charge in [0.1, 0.15) is 0 Å². The number of carbonyl (C=O) groups is 2. The summed E-state index contributed by atoms with van der Waals surface area (Å²) in [5.41, 5.74) is 0.796. The van der Waals surface area contributed by atoms with E-state index in [1.807, 2.05) is 39.0 Å². The second-order valence-corrected chi connectivity index (χ2v) is 6.26. The highest BCUT2D eigenvalue weighted by molar-refractivity contribution is 5.89. The molecule has 0 saturated heterocycles. The summed E-state index contributed by atoms with van der Waals surface area (Å²) < 4.78 is 0. The number of ketones is 1. The van der Waals surface area contributed by atoms with Crippen LogP contribution in [0.5, 0.6) is 0 Å². The van der Waals surface area contributed by atoms with E-state index in [0.29, 0.717) is 6.42 Å². The van der Waals surface area contributed by atoms with E-state index in [1.165, 1.54) is 12.5 Å². The minimum Gasteiger partial charge on any atom is -0.346 e. The molecule has 1 atom stereocenters. The van der Waals surface area contributed by atoms with Crippen LogP contribution in [0.1, 0.15) is 46.1 Å². The Morgan fingerprint density at radius 3 is 2.25 bits per heavy atom. The number of nitrogens with one attached hydrogen (secondary N) is 1. The molecule has 0 aliphatic heterocycles. The third kappa shape index (κ3) is 5.55. The fraction of sp³-hybridized carbons (Fsp3) is 0.529. The van der Waals surface area contributed by atoms with E-state index in [4.69, 9.17) is 0 Å². The zero-order valence-electron chi connectivity index (χ0n) is 12.9. The van der Waals surface area contributed by atoms with E-state index >= 15 is 0 Å². The number of hydrogen-bond acceptors (Lipinski definition) is 2. The lowest BCUT2D eigenvalue weighted by Crippen LogP contribution is -2.45. The molecule has 3 heteroatoms. The van der Waals surface area contributed by atoms with Crippen molar-refractivity contribution in [3.05, 3.63) is 35.9 Å². The van der Waals surface area contributed by atoms with Gasteiger partial charge in [-0.2, -0.15) is 0 Å². The van der Waals surface area contributed by atoms with Crippen molar-refractivity contribution in [2.45, 2.75) is 53.0 Å². The first-order valence-corrected chi connectivity index (χ1v) is 7.16. The van der Waals surface area contributed by atoms with Gasteiger partial charge in [-0.3, -0.25) is 9.59 Å². The van der Waals surface area contributed by atoms with Gasteiger partial charge in [-0.1, -0.05) is 51.1 Å². The molecule has 1 aromatic carbocycles. The Kier molecular flexibility index (Phi) is 5.93. The van der Waals surface area contributed by atoms with Gasteiger partial charge in [0.05, 0.1) is 6.04 Å². The summed E-state index contributed by atoms with van der Waals surface area (Å²) >= 11 is 0. The van der Waals surface area contributed by atoms with Gasteiger partial charge in [0.25, 0.3) is 0 Å². The first kappa shape index (κ1) is 16.4. The first-order valence-electron chi connectivity index (χ1n) is 7.16. The lowest BCUT2D eigenvalue weighted by Gasteiger charge is -2.22. The fourth-order valence-electron chi connectivity index (χ4n) is 1.91. The molecule has 20 heavy (non-hydrogen) atoms. The molecule has 1 amide bonds. The van der Waals surface area contributed by atoms with Gasteiger partial charge in [0.2, 0.25) is 5.91 Å². The van der Waals surface area contributed by atoms with Crippen LogP contribution in [0.15, 0.2) is 30.3 Å². The summed E-state index contributed by atoms with van der Waals surface area (Å²) in [5, 5.41) is 2.85. The van der Waals surface area contributed by atoms with Crippen LogP contribution in [0, 0.1) is 5.41 Å². The normalized spacial score (nSPS) is 12.8. The highest BCUT2D eigenvalue weighted by Crippen LogP contribution is 2.14. The van der Waals surface area contributed by atoms with Crippen LogP contribution in [-0.2, 0) is 16.0 Å². The van der Waals surface area contributed by atoms with E-state index < -0.39 is 5.41 Å². The van der Waals surface area contributed by atoms with E-state index in [-0.39, 0.29) is 17.7 Å². The largest absolute Gasteiger partial charge is 0.346 e. The van der Waals surface area contributed by atoms with Gasteiger partial charge in [-0.05, 0) is 31.7 Å². The molecule has 0 heterocycles. The van der Waals surface area contributed by atoms with E-state index in [1.54, 1.807) is 0 Å². The van der Waals surface area contributed by atoms with Gasteiger partial charge in [-0.15, -0.1) is 0 Å². The summed E-state index contributed by atoms with van der Waals surface area (Å²) in [5.74, 6) is -0.0481. The van der Waals surface area contributed by atoms with Crippen molar-refractivity contribution in [2.75, 3.05) is 0 Å². The number of amides is 1. The monoisotopic (exact) mass is 275 g/mol. The van der Waals surface area contributed by atoms with Crippen LogP contribution in [-0.4, -0.2) is 17.7 Å². The molecule has 1 rings (SSSR count). The standard InChI is InChI=1S/C17H25NO2/c1-13(19)15(18-16(20)17(2,3)4)12-8-11-14-9-6-5-7-10-14/h5-7,9-10,15H,8,11-12H2,1-4H3,(H,18,20)/t15-/m1/s1. The molecule has 1 aromatic rings. The lowest BCUT2D eigenvalue weighted by molar-refractivity contribution is -0.132. The molecular weight excluding hydrogens is 250 g/mol. The average Bonchev–Trinajstić information content (AvgIpc) is 2.37. The maximum atomic E-state index is 11.9. The molecule has 3 nitrogen and oxygen atoms in total. The summed E-state index contributed by atoms with van der Waals surface area (Å²) in [6.45, 7) is 7.09. The molecule has 0 bridgehead atoms. The predicted octanol–water partition coefficient (Wildman–Crippen LogP) is 3.13. The van der Waals surface area contributed by atoms with Crippen molar-refractivity contribution >= 4 is 11.7 Å². The van der Waals surface area contributed by atoms with E-state index in [2.05, 4.69) is 17.4 Å². The Morgan fingerprint density at radius 1 is 1.15 bits per heavy atom. The second-order valence-electron chi connectivity index (χ2n) is 6.26. The second kappa shape index (κ2) is 7.22. The third-order valence-corrected chi connectivity index (χ3v) is 3.28. The van der Waals surface area contributed by atoms with E-state index in [9.17, 15) is 9.59 Å². The summed E-state index contributed by atoms with van der Waals surface area (Å²) in [6, 6.07) is 9.81. The van der Waals surface area contributed by atoms with Gasteiger partial charge in [-0.25, -0.2) is 0 Å². The highest BCUT2D eigenvalue weighted by Gasteiger charge is 2.25. The minimum absolute atomic E-state index is 0.0238. The van der Waals surface area contributed by atoms with Gasteiger partial charge < -0.3 is 5.32 Å². The van der Waals surface area contributed by atoms with Crippen LogP contribution >= 0.6 is 0 Å². The zero-order valence-corrected chi connectivity index (χ0v) is 12.9. The smallest absolute Gasteiger partial charge is 0.225 e. The van der Waals surface area contributed by atoms with Crippen LogP contribution in [0.25, 0.3) is 0 Å². The SMILES string of the molecule is CC(=O)[C@@H](CCCc1ccccc1)NC(=O)C(C)(C)C. The molecule has 0 fully saturated rings. The molecular formula is C17H25NO2. The summed E-state index contributed by atoms with van der Waals surface area (Å²) in [7, 11) is 0. The van der Waals surface area contributed by atoms with Crippen LogP contribution in [0.2, 0.25) is 0 Å². The molecule has 0 aliphatic carbocycles. The predicted molar refractivity (Wildman–Crippen MR) is 81.4 cm³/mol. The number of aryl methyl sites for hydroxylation is 1. The highest BCUT2D eigenvalue weighted by atomic mass is 16.2. The van der Waals surface area contributed by atoms with Crippen molar-refractivity contribution in [3.8, 4) is 0 Å². The van der Waals surface area contributed by atoms with Crippen molar-refractivity contribution in [1.82, 2.24) is 5.32 Å². The number of hydrogen-bond donors (Lipinski definition) is 1. The third-order valence-electron chi connectivity index (χ3n) is 3.28. The Morgan fingerprint density at radius 2 is 1.75 bits per heavy atom. The molecule has 0 aliphatic rings. The average molecular weight is 275 g/mol. The molecule has 0 spiro atoms. The van der Waals surface area contributed by atoms with Gasteiger partial charge >= 0.3 is 0 Å². The topological polar surface area (TPSA) is 46.2 Å². The molecule has 110 valence electrons. The first-order chi connectivity index (χ1) is 9.30. The molecule has 0 saturated carbocycles. The van der Waals surface area contributed by atoms with Crippen molar-refractivity contribution in [3.63, 3.8) is 0 Å². The van der Waals surface area contributed by atoms with Crippen LogP contribution in [0.3, 0.4) is 0 Å². The summed E-state index contributed by atoms with van der Waals surface area (Å²) in [6.07, 6.45) is 2.50.